The van der Waals surface area contributed by atoms with Crippen LogP contribution in [0.2, 0.25) is 0 Å². The van der Waals surface area contributed by atoms with Crippen molar-refractivity contribution >= 4 is 33.2 Å². The monoisotopic (exact) mass is 559 g/mol. The molecule has 1 unspecified atom stereocenters. The van der Waals surface area contributed by atoms with Crippen molar-refractivity contribution in [3.8, 4) is 6.07 Å². The largest absolute Gasteiger partial charge is 0.350 e. The fourth-order valence-electron chi connectivity index (χ4n) is 5.83. The van der Waals surface area contributed by atoms with Crippen LogP contribution in [0.4, 0.5) is 26.2 Å². The van der Waals surface area contributed by atoms with Crippen molar-refractivity contribution in [1.82, 2.24) is 19.9 Å². The summed E-state index contributed by atoms with van der Waals surface area (Å²) < 4.78 is 50.1. The molecule has 2 aromatic heterocycles. The van der Waals surface area contributed by atoms with Gasteiger partial charge in [-0.1, -0.05) is 13.8 Å². The predicted octanol–water partition coefficient (Wildman–Crippen LogP) is 3.11. The second kappa shape index (κ2) is 9.08. The van der Waals surface area contributed by atoms with E-state index in [1.165, 1.54) is 19.3 Å². The Bertz CT molecular complexity index is 1490. The van der Waals surface area contributed by atoms with Gasteiger partial charge in [0.05, 0.1) is 22.9 Å². The van der Waals surface area contributed by atoms with Crippen LogP contribution in [-0.2, 0) is 20.0 Å². The molecule has 5 heterocycles. The molecule has 0 saturated carbocycles. The number of nitriles is 1. The Morgan fingerprint density at radius 2 is 1.82 bits per heavy atom. The van der Waals surface area contributed by atoms with Gasteiger partial charge in [0, 0.05) is 48.9 Å². The Morgan fingerprint density at radius 1 is 1.13 bits per heavy atom. The SMILES string of the molecule is C[C@@H]1CN(c2ncnc3c2C(C)(C)CN3c2cc(C#N)c(C(F)F)cn2)[C@@H](C)CN1C(=O)C1(C)CCS1(=O)=O. The molecule has 0 spiro atoms. The molecule has 2 saturated heterocycles. The second-order valence-corrected chi connectivity index (χ2v) is 14.1. The number of anilines is 3. The first kappa shape index (κ1) is 27.2. The number of piperazine rings is 1. The Hall–Kier alpha value is -3.40. The van der Waals surface area contributed by atoms with Crippen molar-refractivity contribution in [1.29, 1.82) is 5.26 Å². The van der Waals surface area contributed by atoms with E-state index in [1.54, 1.807) is 4.90 Å². The standard InChI is InChI=1S/C26H31F2N7O3S/c1-15-12-34(24(36)26(5)6-7-39(26,37)38)16(2)11-33(15)22-20-23(32-14-31-22)35(13-25(20,3)4)19-8-17(9-29)18(10-30-19)21(27)28/h8,10,14-16,21H,6-7,11-13H2,1-5H3/t15-,16+,26?/m0/s1. The first-order chi connectivity index (χ1) is 18.2. The summed E-state index contributed by atoms with van der Waals surface area (Å²) in [6, 6.07) is 2.79. The van der Waals surface area contributed by atoms with Crippen LogP contribution in [-0.4, -0.2) is 76.4 Å². The van der Waals surface area contributed by atoms with Gasteiger partial charge in [0.15, 0.2) is 9.84 Å². The lowest BCUT2D eigenvalue weighted by molar-refractivity contribution is -0.137. The Balaban J connectivity index is 1.48. The van der Waals surface area contributed by atoms with Crippen LogP contribution in [0.25, 0.3) is 0 Å². The summed E-state index contributed by atoms with van der Waals surface area (Å²) in [5, 5.41) is 9.44. The van der Waals surface area contributed by atoms with Crippen LogP contribution < -0.4 is 9.80 Å². The molecule has 0 bridgehead atoms. The second-order valence-electron chi connectivity index (χ2n) is 11.5. The van der Waals surface area contributed by atoms with E-state index < -0.39 is 32.0 Å². The first-order valence-corrected chi connectivity index (χ1v) is 14.5. The summed E-state index contributed by atoms with van der Waals surface area (Å²) >= 11 is 0. The van der Waals surface area contributed by atoms with Gasteiger partial charge in [-0.15, -0.1) is 0 Å². The van der Waals surface area contributed by atoms with Crippen LogP contribution >= 0.6 is 0 Å². The lowest BCUT2D eigenvalue weighted by Gasteiger charge is -2.49. The Morgan fingerprint density at radius 3 is 2.41 bits per heavy atom. The third-order valence-electron chi connectivity index (χ3n) is 8.35. The number of nitrogens with zero attached hydrogens (tertiary/aromatic N) is 7. The number of carbonyl (C=O) groups excluding carboxylic acids is 1. The van der Waals surface area contributed by atoms with Crippen molar-refractivity contribution in [2.45, 2.75) is 69.7 Å². The van der Waals surface area contributed by atoms with Crippen LogP contribution in [0.15, 0.2) is 18.6 Å². The number of carbonyl (C=O) groups is 1. The number of pyridine rings is 1. The molecule has 0 aliphatic carbocycles. The van der Waals surface area contributed by atoms with E-state index in [1.807, 2.05) is 38.7 Å². The Labute approximate surface area is 226 Å². The van der Waals surface area contributed by atoms with Gasteiger partial charge in [-0.25, -0.2) is 32.2 Å². The van der Waals surface area contributed by atoms with Crippen molar-refractivity contribution in [3.05, 3.63) is 35.3 Å². The van der Waals surface area contributed by atoms with E-state index in [-0.39, 0.29) is 29.3 Å². The third-order valence-corrected chi connectivity index (χ3v) is 10.8. The number of fused-ring (bicyclic) bond motifs is 1. The molecule has 1 amide bonds. The highest BCUT2D eigenvalue weighted by atomic mass is 32.2. The average Bonchev–Trinajstić information content (AvgIpc) is 3.18. The molecule has 39 heavy (non-hydrogen) atoms. The number of aromatic nitrogens is 3. The van der Waals surface area contributed by atoms with Gasteiger partial charge in [0.2, 0.25) is 5.91 Å². The fourth-order valence-corrected chi connectivity index (χ4v) is 7.36. The van der Waals surface area contributed by atoms with Crippen LogP contribution in [0, 0.1) is 11.3 Å². The van der Waals surface area contributed by atoms with E-state index in [0.29, 0.717) is 43.5 Å². The molecular weight excluding hydrogens is 528 g/mol. The van der Waals surface area contributed by atoms with Crippen molar-refractivity contribution in [3.63, 3.8) is 0 Å². The lowest BCUT2D eigenvalue weighted by atomic mass is 9.87. The van der Waals surface area contributed by atoms with Gasteiger partial charge in [-0.05, 0) is 33.3 Å². The van der Waals surface area contributed by atoms with Gasteiger partial charge in [-0.2, -0.15) is 5.26 Å². The van der Waals surface area contributed by atoms with E-state index in [9.17, 15) is 27.3 Å². The highest BCUT2D eigenvalue weighted by molar-refractivity contribution is 7.95. The van der Waals surface area contributed by atoms with Crippen molar-refractivity contribution in [2.75, 3.05) is 35.2 Å². The van der Waals surface area contributed by atoms with Crippen LogP contribution in [0.3, 0.4) is 0 Å². The first-order valence-electron chi connectivity index (χ1n) is 12.8. The summed E-state index contributed by atoms with van der Waals surface area (Å²) in [5.74, 6) is 1.31. The fraction of sp³-hybridized carbons (Fsp3) is 0.577. The highest BCUT2D eigenvalue weighted by Crippen LogP contribution is 2.47. The minimum absolute atomic E-state index is 0.0351. The van der Waals surface area contributed by atoms with E-state index in [0.717, 1.165) is 11.8 Å². The molecule has 13 heteroatoms. The zero-order valence-electron chi connectivity index (χ0n) is 22.5. The van der Waals surface area contributed by atoms with Crippen LogP contribution in [0.1, 0.15) is 64.2 Å². The van der Waals surface area contributed by atoms with Gasteiger partial charge in [0.25, 0.3) is 6.43 Å². The van der Waals surface area contributed by atoms with Gasteiger partial charge in [0.1, 0.15) is 28.5 Å². The summed E-state index contributed by atoms with van der Waals surface area (Å²) in [6.07, 6.45) is 0.00391. The third kappa shape index (κ3) is 4.11. The molecule has 2 fully saturated rings. The normalized spacial score (nSPS) is 27.2. The summed E-state index contributed by atoms with van der Waals surface area (Å²) in [5.41, 5.74) is -0.149. The number of rotatable bonds is 4. The number of amides is 1. The van der Waals surface area contributed by atoms with E-state index in [4.69, 9.17) is 0 Å². The molecule has 3 aliphatic rings. The molecule has 2 aromatic rings. The highest BCUT2D eigenvalue weighted by Gasteiger charge is 2.57. The van der Waals surface area contributed by atoms with Crippen molar-refractivity contribution in [2.24, 2.45) is 0 Å². The maximum atomic E-state index is 13.3. The molecule has 208 valence electrons. The topological polar surface area (TPSA) is 123 Å². The number of halogens is 2. The molecule has 5 rings (SSSR count). The molecule has 0 radical (unpaired) electrons. The number of sulfone groups is 1. The molecule has 3 atom stereocenters. The summed E-state index contributed by atoms with van der Waals surface area (Å²) in [7, 11) is -3.44. The zero-order chi connectivity index (χ0) is 28.5. The van der Waals surface area contributed by atoms with E-state index in [2.05, 4.69) is 19.9 Å². The summed E-state index contributed by atoms with van der Waals surface area (Å²) in [4.78, 5) is 32.3. The van der Waals surface area contributed by atoms with Crippen LogP contribution in [0.5, 0.6) is 0 Å². The molecule has 3 aliphatic heterocycles. The molecule has 10 nitrogen and oxygen atoms in total. The van der Waals surface area contributed by atoms with Gasteiger partial charge < -0.3 is 14.7 Å². The molecular formula is C26H31F2N7O3S. The quantitative estimate of drug-likeness (QED) is 0.556. The maximum absolute atomic E-state index is 13.3. The van der Waals surface area contributed by atoms with Gasteiger partial charge >= 0.3 is 0 Å². The lowest BCUT2D eigenvalue weighted by Crippen LogP contribution is -2.66. The van der Waals surface area contributed by atoms with Gasteiger partial charge in [-0.3, -0.25) is 4.79 Å². The number of hydrogen-bond acceptors (Lipinski definition) is 9. The predicted molar refractivity (Wildman–Crippen MR) is 141 cm³/mol. The zero-order valence-corrected chi connectivity index (χ0v) is 23.3. The average molecular weight is 560 g/mol. The maximum Gasteiger partial charge on any atom is 0.266 e. The smallest absolute Gasteiger partial charge is 0.266 e. The number of alkyl halides is 2. The minimum Gasteiger partial charge on any atom is -0.350 e. The Kier molecular flexibility index (Phi) is 6.33. The summed E-state index contributed by atoms with van der Waals surface area (Å²) in [6.45, 7) is 10.7. The minimum atomic E-state index is -3.44. The van der Waals surface area contributed by atoms with Crippen molar-refractivity contribution < 1.29 is 22.0 Å². The van der Waals surface area contributed by atoms with E-state index >= 15 is 0 Å². The number of hydrogen-bond donors (Lipinski definition) is 0. The molecule has 0 aromatic carbocycles. The molecule has 0 N–H and O–H groups in total.